The summed E-state index contributed by atoms with van der Waals surface area (Å²) in [6, 6.07) is 10.4. The van der Waals surface area contributed by atoms with Gasteiger partial charge in [-0.15, -0.1) is 0 Å². The zero-order valence-electron chi connectivity index (χ0n) is 13.1. The second kappa shape index (κ2) is 8.15. The Kier molecular flexibility index (Phi) is 6.21. The van der Waals surface area contributed by atoms with E-state index in [1.165, 1.54) is 5.56 Å². The molecule has 0 radical (unpaired) electrons. The van der Waals surface area contributed by atoms with E-state index in [4.69, 9.17) is 4.74 Å². The molecule has 1 aromatic carbocycles. The number of amides is 1. The van der Waals surface area contributed by atoms with Gasteiger partial charge in [0, 0.05) is 38.6 Å². The summed E-state index contributed by atoms with van der Waals surface area (Å²) >= 11 is 0. The lowest BCUT2D eigenvalue weighted by Gasteiger charge is -2.30. The molecule has 1 heterocycles. The first-order chi connectivity index (χ1) is 10.2. The summed E-state index contributed by atoms with van der Waals surface area (Å²) in [5.41, 5.74) is 1.19. The molecule has 2 rings (SSSR count). The van der Waals surface area contributed by atoms with E-state index >= 15 is 0 Å². The van der Waals surface area contributed by atoms with E-state index in [9.17, 15) is 4.79 Å². The Morgan fingerprint density at radius 3 is 2.52 bits per heavy atom. The topological polar surface area (TPSA) is 32.8 Å². The lowest BCUT2D eigenvalue weighted by Crippen LogP contribution is -2.41. The van der Waals surface area contributed by atoms with Crippen LogP contribution in [0.15, 0.2) is 30.3 Å². The second-order valence-electron chi connectivity index (χ2n) is 5.80. The molecule has 0 unspecified atom stereocenters. The van der Waals surface area contributed by atoms with Crippen molar-refractivity contribution in [2.75, 3.05) is 32.8 Å². The van der Waals surface area contributed by atoms with Gasteiger partial charge in [-0.2, -0.15) is 0 Å². The van der Waals surface area contributed by atoms with E-state index in [0.717, 1.165) is 32.8 Å². The van der Waals surface area contributed by atoms with Gasteiger partial charge in [-0.3, -0.25) is 9.69 Å². The van der Waals surface area contributed by atoms with Crippen molar-refractivity contribution in [3.63, 3.8) is 0 Å². The summed E-state index contributed by atoms with van der Waals surface area (Å²) < 4.78 is 5.33. The Labute approximate surface area is 127 Å². The summed E-state index contributed by atoms with van der Waals surface area (Å²) in [5, 5.41) is 0. The van der Waals surface area contributed by atoms with Gasteiger partial charge in [-0.1, -0.05) is 30.3 Å². The van der Waals surface area contributed by atoms with Gasteiger partial charge in [0.2, 0.25) is 5.91 Å². The predicted molar refractivity (Wildman–Crippen MR) is 84.0 cm³/mol. The molecule has 0 N–H and O–H groups in total. The summed E-state index contributed by atoms with van der Waals surface area (Å²) in [6.45, 7) is 9.13. The highest BCUT2D eigenvalue weighted by Gasteiger charge is 2.19. The first-order valence-electron chi connectivity index (χ1n) is 7.80. The monoisotopic (exact) mass is 290 g/mol. The van der Waals surface area contributed by atoms with Crippen LogP contribution in [0.25, 0.3) is 0 Å². The Bertz CT molecular complexity index is 428. The maximum atomic E-state index is 12.5. The first kappa shape index (κ1) is 16.0. The van der Waals surface area contributed by atoms with Crippen LogP contribution in [0, 0.1) is 0 Å². The van der Waals surface area contributed by atoms with Gasteiger partial charge in [0.05, 0.1) is 13.2 Å². The van der Waals surface area contributed by atoms with Gasteiger partial charge in [-0.25, -0.2) is 0 Å². The molecule has 4 heteroatoms. The van der Waals surface area contributed by atoms with Crippen LogP contribution in [0.1, 0.15) is 25.8 Å². The molecule has 0 saturated carbocycles. The molecule has 116 valence electrons. The number of morpholine rings is 1. The molecular formula is C17H26N2O2. The van der Waals surface area contributed by atoms with Gasteiger partial charge in [0.25, 0.3) is 0 Å². The SMILES string of the molecule is CC(C)N(Cc1ccccc1)C(=O)CCN1CCOCC1. The third kappa shape index (κ3) is 5.14. The third-order valence-electron chi connectivity index (χ3n) is 3.89. The van der Waals surface area contributed by atoms with Crippen molar-refractivity contribution in [2.45, 2.75) is 32.9 Å². The summed E-state index contributed by atoms with van der Waals surface area (Å²) in [5.74, 6) is 0.236. The minimum atomic E-state index is 0.224. The van der Waals surface area contributed by atoms with Crippen molar-refractivity contribution in [1.82, 2.24) is 9.80 Å². The predicted octanol–water partition coefficient (Wildman–Crippen LogP) is 2.15. The molecule has 1 amide bonds. The van der Waals surface area contributed by atoms with Gasteiger partial charge in [0.15, 0.2) is 0 Å². The number of hydrogen-bond donors (Lipinski definition) is 0. The molecule has 4 nitrogen and oxygen atoms in total. The van der Waals surface area contributed by atoms with Crippen LogP contribution in [0.3, 0.4) is 0 Å². The van der Waals surface area contributed by atoms with Crippen molar-refractivity contribution in [3.8, 4) is 0 Å². The van der Waals surface area contributed by atoms with E-state index in [2.05, 4.69) is 30.9 Å². The van der Waals surface area contributed by atoms with E-state index in [1.54, 1.807) is 0 Å². The molecule has 21 heavy (non-hydrogen) atoms. The summed E-state index contributed by atoms with van der Waals surface area (Å²) in [6.07, 6.45) is 0.588. The lowest BCUT2D eigenvalue weighted by molar-refractivity contribution is -0.134. The number of benzene rings is 1. The molecule has 0 aromatic heterocycles. The molecule has 1 fully saturated rings. The number of ether oxygens (including phenoxy) is 1. The van der Waals surface area contributed by atoms with Crippen molar-refractivity contribution >= 4 is 5.91 Å². The van der Waals surface area contributed by atoms with Crippen LogP contribution < -0.4 is 0 Å². The number of nitrogens with zero attached hydrogens (tertiary/aromatic N) is 2. The normalized spacial score (nSPS) is 16.1. The van der Waals surface area contributed by atoms with E-state index in [-0.39, 0.29) is 11.9 Å². The van der Waals surface area contributed by atoms with Crippen molar-refractivity contribution in [3.05, 3.63) is 35.9 Å². The first-order valence-corrected chi connectivity index (χ1v) is 7.80. The van der Waals surface area contributed by atoms with Crippen LogP contribution in [-0.2, 0) is 16.1 Å². The van der Waals surface area contributed by atoms with Crippen LogP contribution in [-0.4, -0.2) is 54.6 Å². The molecule has 1 aromatic rings. The van der Waals surface area contributed by atoms with Crippen molar-refractivity contribution in [1.29, 1.82) is 0 Å². The zero-order valence-corrected chi connectivity index (χ0v) is 13.1. The average Bonchev–Trinajstić information content (AvgIpc) is 2.52. The summed E-state index contributed by atoms with van der Waals surface area (Å²) in [4.78, 5) is 16.8. The molecule has 0 spiro atoms. The molecule has 0 atom stereocenters. The molecule has 1 aliphatic heterocycles. The van der Waals surface area contributed by atoms with Crippen LogP contribution in [0.2, 0.25) is 0 Å². The van der Waals surface area contributed by atoms with E-state index in [0.29, 0.717) is 13.0 Å². The zero-order chi connectivity index (χ0) is 15.1. The second-order valence-corrected chi connectivity index (χ2v) is 5.80. The Balaban J connectivity index is 1.86. The molecular weight excluding hydrogens is 264 g/mol. The van der Waals surface area contributed by atoms with Crippen molar-refractivity contribution < 1.29 is 9.53 Å². The molecule has 0 bridgehead atoms. The standard InChI is InChI=1S/C17H26N2O2/c1-15(2)19(14-16-6-4-3-5-7-16)17(20)8-9-18-10-12-21-13-11-18/h3-7,15H,8-14H2,1-2H3. The van der Waals surface area contributed by atoms with E-state index in [1.807, 2.05) is 23.1 Å². The third-order valence-corrected chi connectivity index (χ3v) is 3.89. The number of carbonyl (C=O) groups is 1. The fourth-order valence-corrected chi connectivity index (χ4v) is 2.56. The Hall–Kier alpha value is -1.39. The number of rotatable bonds is 6. The lowest BCUT2D eigenvalue weighted by atomic mass is 10.1. The molecule has 0 aliphatic carbocycles. The fourth-order valence-electron chi connectivity index (χ4n) is 2.56. The van der Waals surface area contributed by atoms with Crippen LogP contribution in [0.4, 0.5) is 0 Å². The summed E-state index contributed by atoms with van der Waals surface area (Å²) in [7, 11) is 0. The van der Waals surface area contributed by atoms with Gasteiger partial charge >= 0.3 is 0 Å². The molecule has 1 saturated heterocycles. The van der Waals surface area contributed by atoms with E-state index < -0.39 is 0 Å². The minimum absolute atomic E-state index is 0.224. The van der Waals surface area contributed by atoms with Gasteiger partial charge in [0.1, 0.15) is 0 Å². The Morgan fingerprint density at radius 1 is 1.24 bits per heavy atom. The highest BCUT2D eigenvalue weighted by Crippen LogP contribution is 2.10. The highest BCUT2D eigenvalue weighted by atomic mass is 16.5. The smallest absolute Gasteiger partial charge is 0.224 e. The van der Waals surface area contributed by atoms with Crippen molar-refractivity contribution in [2.24, 2.45) is 0 Å². The number of carbonyl (C=O) groups excluding carboxylic acids is 1. The van der Waals surface area contributed by atoms with Gasteiger partial charge < -0.3 is 9.64 Å². The Morgan fingerprint density at radius 2 is 1.90 bits per heavy atom. The average molecular weight is 290 g/mol. The maximum absolute atomic E-state index is 12.5. The van der Waals surface area contributed by atoms with Crippen LogP contribution >= 0.6 is 0 Å². The number of hydrogen-bond acceptors (Lipinski definition) is 3. The largest absolute Gasteiger partial charge is 0.379 e. The highest BCUT2D eigenvalue weighted by molar-refractivity contribution is 5.76. The van der Waals surface area contributed by atoms with Crippen LogP contribution in [0.5, 0.6) is 0 Å². The van der Waals surface area contributed by atoms with Gasteiger partial charge in [-0.05, 0) is 19.4 Å². The quantitative estimate of drug-likeness (QED) is 0.805. The maximum Gasteiger partial charge on any atom is 0.224 e. The minimum Gasteiger partial charge on any atom is -0.379 e. The molecule has 1 aliphatic rings. The fraction of sp³-hybridized carbons (Fsp3) is 0.588.